The van der Waals surface area contributed by atoms with Crippen molar-refractivity contribution < 1.29 is 9.90 Å². The summed E-state index contributed by atoms with van der Waals surface area (Å²) in [6.07, 6.45) is 6.06. The molecule has 0 amide bonds. The van der Waals surface area contributed by atoms with Gasteiger partial charge in [-0.25, -0.2) is 0 Å². The second-order valence-electron chi connectivity index (χ2n) is 5.76. The largest absolute Gasteiger partial charge is 0.481 e. The first kappa shape index (κ1) is 18.4. The maximum absolute atomic E-state index is 11.0. The van der Waals surface area contributed by atoms with Crippen LogP contribution in [0.3, 0.4) is 0 Å². The molecule has 0 aromatic rings. The molecule has 4 heteroatoms. The van der Waals surface area contributed by atoms with Crippen LogP contribution in [0.5, 0.6) is 0 Å². The van der Waals surface area contributed by atoms with Gasteiger partial charge in [-0.15, -0.1) is 0 Å². The third-order valence-corrected chi connectivity index (χ3v) is 3.36. The summed E-state index contributed by atoms with van der Waals surface area (Å²) in [7, 11) is 4.15. The quantitative estimate of drug-likeness (QED) is 0.555. The Kier molecular flexibility index (Phi) is 10.9. The number of carbonyl (C=O) groups is 1. The Morgan fingerprint density at radius 1 is 1.05 bits per heavy atom. The molecular weight excluding hydrogens is 240 g/mol. The average Bonchev–Trinajstić information content (AvgIpc) is 2.33. The van der Waals surface area contributed by atoms with Crippen LogP contribution in [0.4, 0.5) is 0 Å². The Morgan fingerprint density at radius 3 is 2.21 bits per heavy atom. The summed E-state index contributed by atoms with van der Waals surface area (Å²) in [6, 6.07) is 0. The van der Waals surface area contributed by atoms with Crippen molar-refractivity contribution in [2.45, 2.75) is 46.0 Å². The first-order chi connectivity index (χ1) is 8.97. The van der Waals surface area contributed by atoms with Gasteiger partial charge in [-0.3, -0.25) is 4.79 Å². The van der Waals surface area contributed by atoms with E-state index in [2.05, 4.69) is 30.8 Å². The summed E-state index contributed by atoms with van der Waals surface area (Å²) < 4.78 is 0. The molecule has 4 nitrogen and oxygen atoms in total. The van der Waals surface area contributed by atoms with Crippen molar-refractivity contribution in [1.82, 2.24) is 9.80 Å². The molecule has 19 heavy (non-hydrogen) atoms. The van der Waals surface area contributed by atoms with Gasteiger partial charge in [0.1, 0.15) is 0 Å². The standard InChI is InChI=1S/C15H32N2O2/c1-5-6-7-8-11-17(12-9-10-16(3)4)13-14(2)15(18)19/h14H,5-13H2,1-4H3,(H,18,19). The Morgan fingerprint density at radius 2 is 1.68 bits per heavy atom. The fourth-order valence-electron chi connectivity index (χ4n) is 2.13. The molecule has 0 bridgehead atoms. The zero-order chi connectivity index (χ0) is 14.7. The van der Waals surface area contributed by atoms with Crippen molar-refractivity contribution in [2.24, 2.45) is 5.92 Å². The first-order valence-electron chi connectivity index (χ1n) is 7.57. The summed E-state index contributed by atoms with van der Waals surface area (Å²) in [5.41, 5.74) is 0. The lowest BCUT2D eigenvalue weighted by Crippen LogP contribution is -2.34. The maximum Gasteiger partial charge on any atom is 0.307 e. The number of unbranched alkanes of at least 4 members (excludes halogenated alkanes) is 3. The predicted molar refractivity (Wildman–Crippen MR) is 80.6 cm³/mol. The van der Waals surface area contributed by atoms with Crippen molar-refractivity contribution in [2.75, 3.05) is 40.3 Å². The molecule has 0 spiro atoms. The lowest BCUT2D eigenvalue weighted by Gasteiger charge is -2.25. The van der Waals surface area contributed by atoms with Crippen LogP contribution in [0.1, 0.15) is 46.0 Å². The number of carboxylic acid groups (broad SMARTS) is 1. The van der Waals surface area contributed by atoms with Crippen LogP contribution in [0, 0.1) is 5.92 Å². The van der Waals surface area contributed by atoms with Crippen molar-refractivity contribution in [3.05, 3.63) is 0 Å². The highest BCUT2D eigenvalue weighted by Gasteiger charge is 2.15. The summed E-state index contributed by atoms with van der Waals surface area (Å²) >= 11 is 0. The van der Waals surface area contributed by atoms with Gasteiger partial charge in [0, 0.05) is 6.54 Å². The highest BCUT2D eigenvalue weighted by molar-refractivity contribution is 5.69. The van der Waals surface area contributed by atoms with Crippen LogP contribution < -0.4 is 0 Å². The average molecular weight is 272 g/mol. The lowest BCUT2D eigenvalue weighted by atomic mass is 10.1. The molecule has 1 N–H and O–H groups in total. The highest BCUT2D eigenvalue weighted by Crippen LogP contribution is 2.06. The molecule has 0 aliphatic rings. The third-order valence-electron chi connectivity index (χ3n) is 3.36. The smallest absolute Gasteiger partial charge is 0.307 e. The van der Waals surface area contributed by atoms with Crippen LogP contribution in [0.25, 0.3) is 0 Å². The number of aliphatic carboxylic acids is 1. The van der Waals surface area contributed by atoms with Gasteiger partial charge in [0.15, 0.2) is 0 Å². The lowest BCUT2D eigenvalue weighted by molar-refractivity contribution is -0.141. The molecule has 0 aliphatic carbocycles. The van der Waals surface area contributed by atoms with Crippen molar-refractivity contribution in [3.8, 4) is 0 Å². The second-order valence-corrected chi connectivity index (χ2v) is 5.76. The van der Waals surface area contributed by atoms with Crippen LogP contribution in [0.2, 0.25) is 0 Å². The number of carboxylic acids is 1. The van der Waals surface area contributed by atoms with Gasteiger partial charge in [-0.05, 0) is 46.6 Å². The molecule has 0 radical (unpaired) electrons. The number of hydrogen-bond acceptors (Lipinski definition) is 3. The Hall–Kier alpha value is -0.610. The van der Waals surface area contributed by atoms with E-state index in [1.165, 1.54) is 25.7 Å². The van der Waals surface area contributed by atoms with E-state index in [4.69, 9.17) is 5.11 Å². The monoisotopic (exact) mass is 272 g/mol. The van der Waals surface area contributed by atoms with E-state index in [1.54, 1.807) is 6.92 Å². The first-order valence-corrected chi connectivity index (χ1v) is 7.57. The Bertz CT molecular complexity index is 232. The van der Waals surface area contributed by atoms with Gasteiger partial charge in [0.25, 0.3) is 0 Å². The van der Waals surface area contributed by atoms with Gasteiger partial charge in [-0.2, -0.15) is 0 Å². The van der Waals surface area contributed by atoms with Gasteiger partial charge in [0.2, 0.25) is 0 Å². The molecule has 0 fully saturated rings. The molecular formula is C15H32N2O2. The van der Waals surface area contributed by atoms with E-state index in [9.17, 15) is 4.79 Å². The van der Waals surface area contributed by atoms with Crippen molar-refractivity contribution in [3.63, 3.8) is 0 Å². The van der Waals surface area contributed by atoms with Crippen LogP contribution >= 0.6 is 0 Å². The van der Waals surface area contributed by atoms with Gasteiger partial charge in [-0.1, -0.05) is 33.1 Å². The fourth-order valence-corrected chi connectivity index (χ4v) is 2.13. The molecule has 114 valence electrons. The second kappa shape index (κ2) is 11.2. The molecule has 0 saturated carbocycles. The van der Waals surface area contributed by atoms with Crippen molar-refractivity contribution >= 4 is 5.97 Å². The minimum Gasteiger partial charge on any atom is -0.481 e. The molecule has 0 rings (SSSR count). The normalized spacial score (nSPS) is 13.2. The van der Waals surface area contributed by atoms with Crippen molar-refractivity contribution in [1.29, 1.82) is 0 Å². The molecule has 0 saturated heterocycles. The molecule has 1 atom stereocenters. The van der Waals surface area contributed by atoms with Gasteiger partial charge < -0.3 is 14.9 Å². The fraction of sp³-hybridized carbons (Fsp3) is 0.933. The van der Waals surface area contributed by atoms with E-state index in [0.717, 1.165) is 26.1 Å². The Labute approximate surface area is 118 Å². The molecule has 1 unspecified atom stereocenters. The number of hydrogen-bond donors (Lipinski definition) is 1. The van der Waals surface area contributed by atoms with Crippen LogP contribution in [0.15, 0.2) is 0 Å². The van der Waals surface area contributed by atoms with E-state index >= 15 is 0 Å². The zero-order valence-corrected chi connectivity index (χ0v) is 13.2. The molecule has 0 aromatic carbocycles. The predicted octanol–water partition coefficient (Wildman–Crippen LogP) is 2.54. The summed E-state index contributed by atoms with van der Waals surface area (Å²) in [6.45, 7) is 7.78. The van der Waals surface area contributed by atoms with Crippen LogP contribution in [-0.4, -0.2) is 61.2 Å². The van der Waals surface area contributed by atoms with Gasteiger partial charge in [0.05, 0.1) is 5.92 Å². The van der Waals surface area contributed by atoms with E-state index in [1.807, 2.05) is 0 Å². The zero-order valence-electron chi connectivity index (χ0n) is 13.2. The molecule has 0 heterocycles. The number of nitrogens with zero attached hydrogens (tertiary/aromatic N) is 2. The summed E-state index contributed by atoms with van der Waals surface area (Å²) in [4.78, 5) is 15.5. The Balaban J connectivity index is 4.02. The topological polar surface area (TPSA) is 43.8 Å². The molecule has 0 aromatic heterocycles. The molecule has 0 aliphatic heterocycles. The van der Waals surface area contributed by atoms with E-state index in [0.29, 0.717) is 6.54 Å². The van der Waals surface area contributed by atoms with Gasteiger partial charge >= 0.3 is 5.97 Å². The number of rotatable bonds is 12. The summed E-state index contributed by atoms with van der Waals surface area (Å²) in [5, 5.41) is 9.02. The third kappa shape index (κ3) is 11.0. The minimum absolute atomic E-state index is 0.273. The SMILES string of the molecule is CCCCCCN(CCCN(C)C)CC(C)C(=O)O. The highest BCUT2D eigenvalue weighted by atomic mass is 16.4. The maximum atomic E-state index is 11.0. The summed E-state index contributed by atoms with van der Waals surface area (Å²) in [5.74, 6) is -0.961. The van der Waals surface area contributed by atoms with Crippen LogP contribution in [-0.2, 0) is 4.79 Å². The van der Waals surface area contributed by atoms with E-state index < -0.39 is 5.97 Å². The minimum atomic E-state index is -0.689. The van der Waals surface area contributed by atoms with E-state index in [-0.39, 0.29) is 5.92 Å².